The summed E-state index contributed by atoms with van der Waals surface area (Å²) in [5.41, 5.74) is 3.21. The molecule has 5 rings (SSSR count). The summed E-state index contributed by atoms with van der Waals surface area (Å²) < 4.78 is 4.93. The molecule has 1 saturated carbocycles. The molecule has 2 aliphatic rings. The zero-order valence-electron chi connectivity index (χ0n) is 19.6. The van der Waals surface area contributed by atoms with E-state index in [2.05, 4.69) is 72.2 Å². The fraction of sp³-hybridized carbons (Fsp3) is 0.379. The van der Waals surface area contributed by atoms with Crippen molar-refractivity contribution in [1.82, 2.24) is 10.6 Å². The van der Waals surface area contributed by atoms with E-state index >= 15 is 0 Å². The first kappa shape index (κ1) is 22.6. The Labute approximate surface area is 200 Å². The number of cyclic esters (lactones) is 1. The van der Waals surface area contributed by atoms with Crippen LogP contribution >= 0.6 is 0 Å². The minimum Gasteiger partial charge on any atom is -0.464 e. The van der Waals surface area contributed by atoms with E-state index in [1.807, 2.05) is 12.1 Å². The van der Waals surface area contributed by atoms with Gasteiger partial charge >= 0.3 is 5.97 Å². The Morgan fingerprint density at radius 1 is 0.971 bits per heavy atom. The number of amides is 1. The standard InChI is InChI=1S/C29H32N2O3/c1-19(25-11-5-7-21-6-2-3-10-26(21)25)30-24-9-4-8-23(18-24)20-12-14-22(15-13-20)28(32)31-27-16-17-34-29(27)33/h2-3,5-7,10-15,19,23-24,27,30H,4,8-9,16-18H2,1H3,(H,31,32)/t19-,23+,24+,27-/m1/s1. The Morgan fingerprint density at radius 3 is 2.56 bits per heavy atom. The highest BCUT2D eigenvalue weighted by Gasteiger charge is 2.29. The molecule has 1 aliphatic carbocycles. The number of fused-ring (bicyclic) bond motifs is 1. The van der Waals surface area contributed by atoms with Crippen molar-refractivity contribution in [2.75, 3.05) is 6.61 Å². The summed E-state index contributed by atoms with van der Waals surface area (Å²) in [4.78, 5) is 24.1. The van der Waals surface area contributed by atoms with Crippen LogP contribution in [0.2, 0.25) is 0 Å². The van der Waals surface area contributed by atoms with E-state index in [4.69, 9.17) is 4.74 Å². The molecule has 3 aromatic rings. The highest BCUT2D eigenvalue weighted by atomic mass is 16.5. The smallest absolute Gasteiger partial charge is 0.328 e. The van der Waals surface area contributed by atoms with Crippen LogP contribution in [-0.2, 0) is 9.53 Å². The molecule has 1 amide bonds. The largest absolute Gasteiger partial charge is 0.464 e. The van der Waals surface area contributed by atoms with Gasteiger partial charge in [0.15, 0.2) is 0 Å². The number of benzene rings is 3. The number of carbonyl (C=O) groups is 2. The Balaban J connectivity index is 1.22. The molecule has 2 N–H and O–H groups in total. The molecule has 0 aromatic heterocycles. The molecule has 3 aromatic carbocycles. The Morgan fingerprint density at radius 2 is 1.76 bits per heavy atom. The van der Waals surface area contributed by atoms with E-state index in [1.54, 1.807) is 0 Å². The predicted molar refractivity (Wildman–Crippen MR) is 134 cm³/mol. The van der Waals surface area contributed by atoms with Gasteiger partial charge in [-0.15, -0.1) is 0 Å². The van der Waals surface area contributed by atoms with Gasteiger partial charge in [0.1, 0.15) is 6.04 Å². The van der Waals surface area contributed by atoms with Gasteiger partial charge in [0.25, 0.3) is 5.91 Å². The molecule has 0 spiro atoms. The number of ether oxygens (including phenoxy) is 1. The molecular weight excluding hydrogens is 424 g/mol. The summed E-state index contributed by atoms with van der Waals surface area (Å²) in [6, 6.07) is 23.2. The predicted octanol–water partition coefficient (Wildman–Crippen LogP) is 5.26. The lowest BCUT2D eigenvalue weighted by molar-refractivity contribution is -0.139. The van der Waals surface area contributed by atoms with Gasteiger partial charge in [-0.25, -0.2) is 4.79 Å². The molecule has 176 valence electrons. The van der Waals surface area contributed by atoms with Crippen molar-refractivity contribution in [3.05, 3.63) is 83.4 Å². The topological polar surface area (TPSA) is 67.4 Å². The maximum absolute atomic E-state index is 12.5. The summed E-state index contributed by atoms with van der Waals surface area (Å²) in [7, 11) is 0. The lowest BCUT2D eigenvalue weighted by Crippen LogP contribution is -2.37. The van der Waals surface area contributed by atoms with Gasteiger partial charge in [0, 0.05) is 24.1 Å². The van der Waals surface area contributed by atoms with E-state index < -0.39 is 6.04 Å². The zero-order chi connectivity index (χ0) is 23.5. The van der Waals surface area contributed by atoms with Crippen LogP contribution in [0.3, 0.4) is 0 Å². The number of hydrogen-bond donors (Lipinski definition) is 2. The highest BCUT2D eigenvalue weighted by molar-refractivity contribution is 5.97. The first-order valence-electron chi connectivity index (χ1n) is 12.4. The van der Waals surface area contributed by atoms with Gasteiger partial charge in [0.05, 0.1) is 6.61 Å². The first-order valence-corrected chi connectivity index (χ1v) is 12.4. The number of esters is 1. The molecular formula is C29H32N2O3. The Bertz CT molecular complexity index is 1170. The normalized spacial score (nSPS) is 23.4. The third-order valence-corrected chi connectivity index (χ3v) is 7.33. The third-order valence-electron chi connectivity index (χ3n) is 7.33. The third kappa shape index (κ3) is 4.85. The fourth-order valence-corrected chi connectivity index (χ4v) is 5.49. The number of nitrogens with one attached hydrogen (secondary N) is 2. The Kier molecular flexibility index (Phi) is 6.63. The molecule has 34 heavy (non-hydrogen) atoms. The van der Waals surface area contributed by atoms with Crippen LogP contribution in [0.4, 0.5) is 0 Å². The van der Waals surface area contributed by atoms with Crippen molar-refractivity contribution in [2.45, 2.75) is 63.1 Å². The van der Waals surface area contributed by atoms with Crippen LogP contribution in [0.1, 0.15) is 72.5 Å². The molecule has 1 aliphatic heterocycles. The number of carbonyl (C=O) groups excluding carboxylic acids is 2. The van der Waals surface area contributed by atoms with Gasteiger partial charge in [-0.05, 0) is 66.1 Å². The second kappa shape index (κ2) is 9.98. The van der Waals surface area contributed by atoms with E-state index in [1.165, 1.54) is 41.2 Å². The van der Waals surface area contributed by atoms with Crippen molar-refractivity contribution in [3.8, 4) is 0 Å². The molecule has 0 bridgehead atoms. The maximum atomic E-state index is 12.5. The maximum Gasteiger partial charge on any atom is 0.328 e. The summed E-state index contributed by atoms with van der Waals surface area (Å²) >= 11 is 0. The molecule has 1 saturated heterocycles. The molecule has 0 unspecified atom stereocenters. The van der Waals surface area contributed by atoms with Crippen molar-refractivity contribution >= 4 is 22.6 Å². The van der Waals surface area contributed by atoms with Crippen molar-refractivity contribution in [1.29, 1.82) is 0 Å². The van der Waals surface area contributed by atoms with E-state index in [9.17, 15) is 9.59 Å². The summed E-state index contributed by atoms with van der Waals surface area (Å²) in [5.74, 6) is -0.0844. The average Bonchev–Trinajstić information content (AvgIpc) is 3.28. The van der Waals surface area contributed by atoms with Gasteiger partial charge in [-0.2, -0.15) is 0 Å². The van der Waals surface area contributed by atoms with Crippen LogP contribution in [-0.4, -0.2) is 30.6 Å². The molecule has 2 fully saturated rings. The molecule has 0 radical (unpaired) electrons. The molecule has 5 nitrogen and oxygen atoms in total. The minimum atomic E-state index is -0.527. The summed E-state index contributed by atoms with van der Waals surface area (Å²) in [6.07, 6.45) is 5.17. The van der Waals surface area contributed by atoms with Crippen LogP contribution in [0.5, 0.6) is 0 Å². The Hall–Kier alpha value is -3.18. The van der Waals surface area contributed by atoms with E-state index in [0.717, 1.165) is 6.42 Å². The second-order valence-corrected chi connectivity index (χ2v) is 9.62. The quantitative estimate of drug-likeness (QED) is 0.497. The van der Waals surface area contributed by atoms with E-state index in [0.29, 0.717) is 30.6 Å². The van der Waals surface area contributed by atoms with Crippen molar-refractivity contribution in [2.24, 2.45) is 0 Å². The SMILES string of the molecule is C[C@@H](N[C@H]1CCC[C@H](c2ccc(C(=O)N[C@@H]3CCOC3=O)cc2)C1)c1cccc2ccccc12. The van der Waals surface area contributed by atoms with Crippen LogP contribution in [0.15, 0.2) is 66.7 Å². The van der Waals surface area contributed by atoms with Gasteiger partial charge in [-0.1, -0.05) is 61.0 Å². The highest BCUT2D eigenvalue weighted by Crippen LogP contribution is 2.34. The van der Waals surface area contributed by atoms with Gasteiger partial charge in [0.2, 0.25) is 0 Å². The van der Waals surface area contributed by atoms with Crippen LogP contribution in [0, 0.1) is 0 Å². The molecule has 4 atom stereocenters. The molecule has 1 heterocycles. The number of rotatable bonds is 6. The fourth-order valence-electron chi connectivity index (χ4n) is 5.49. The second-order valence-electron chi connectivity index (χ2n) is 9.62. The van der Waals surface area contributed by atoms with Gasteiger partial charge < -0.3 is 15.4 Å². The lowest BCUT2D eigenvalue weighted by atomic mass is 9.80. The molecule has 5 heteroatoms. The van der Waals surface area contributed by atoms with E-state index in [-0.39, 0.29) is 17.9 Å². The minimum absolute atomic E-state index is 0.220. The number of hydrogen-bond acceptors (Lipinski definition) is 4. The monoisotopic (exact) mass is 456 g/mol. The van der Waals surface area contributed by atoms with Crippen molar-refractivity contribution < 1.29 is 14.3 Å². The zero-order valence-corrected chi connectivity index (χ0v) is 19.6. The van der Waals surface area contributed by atoms with Crippen LogP contribution in [0.25, 0.3) is 10.8 Å². The summed E-state index contributed by atoms with van der Waals surface area (Å²) in [6.45, 7) is 2.64. The summed E-state index contributed by atoms with van der Waals surface area (Å²) in [5, 5.41) is 9.27. The van der Waals surface area contributed by atoms with Crippen LogP contribution < -0.4 is 10.6 Å². The lowest BCUT2D eigenvalue weighted by Gasteiger charge is -2.32. The van der Waals surface area contributed by atoms with Gasteiger partial charge in [-0.3, -0.25) is 4.79 Å². The van der Waals surface area contributed by atoms with Crippen molar-refractivity contribution in [3.63, 3.8) is 0 Å². The average molecular weight is 457 g/mol. The first-order chi connectivity index (χ1) is 16.6.